The Labute approximate surface area is 174 Å². The molecule has 3 heterocycles. The molecule has 4 rings (SSSR count). The molecular weight excluding hydrogens is 382 g/mol. The van der Waals surface area contributed by atoms with Crippen LogP contribution >= 0.6 is 0 Å². The van der Waals surface area contributed by atoms with Gasteiger partial charge in [0.25, 0.3) is 5.91 Å². The molecule has 0 unspecified atom stereocenters. The number of piperazine rings is 1. The second kappa shape index (κ2) is 8.11. The molecule has 0 atom stereocenters. The number of carbonyl (C=O) groups excluding carboxylic acids is 1. The van der Waals surface area contributed by atoms with Crippen LogP contribution in [0.15, 0.2) is 41.3 Å². The number of amides is 1. The van der Waals surface area contributed by atoms with Crippen LogP contribution in [0.4, 0.5) is 17.5 Å². The number of rotatable bonds is 4. The molecule has 1 aromatic carbocycles. The van der Waals surface area contributed by atoms with Crippen LogP contribution < -0.4 is 16.5 Å². The van der Waals surface area contributed by atoms with Gasteiger partial charge in [-0.05, 0) is 38.2 Å². The smallest absolute Gasteiger partial charge is 0.253 e. The van der Waals surface area contributed by atoms with Crippen LogP contribution in [0, 0.1) is 0 Å². The number of benzene rings is 1. The monoisotopic (exact) mass is 407 g/mol. The summed E-state index contributed by atoms with van der Waals surface area (Å²) in [6, 6.07) is 8.62. The first-order valence-electron chi connectivity index (χ1n) is 9.97. The topological polar surface area (TPSA) is 109 Å². The molecule has 1 amide bonds. The van der Waals surface area contributed by atoms with Gasteiger partial charge in [-0.1, -0.05) is 0 Å². The molecule has 0 radical (unpaired) electrons. The van der Waals surface area contributed by atoms with Crippen molar-refractivity contribution in [2.24, 2.45) is 0 Å². The van der Waals surface area contributed by atoms with Crippen molar-refractivity contribution in [1.29, 1.82) is 0 Å². The van der Waals surface area contributed by atoms with Crippen molar-refractivity contribution in [2.75, 3.05) is 44.3 Å². The fraction of sp³-hybridized carbons (Fsp3) is 0.333. The third-order valence-corrected chi connectivity index (χ3v) is 5.38. The highest BCUT2D eigenvalue weighted by Gasteiger charge is 2.20. The summed E-state index contributed by atoms with van der Waals surface area (Å²) in [5.74, 6) is 0.762. The minimum Gasteiger partial charge on any atom is -0.385 e. The summed E-state index contributed by atoms with van der Waals surface area (Å²) in [6.45, 7) is 5.77. The largest absolute Gasteiger partial charge is 0.385 e. The van der Waals surface area contributed by atoms with Crippen LogP contribution in [0.5, 0.6) is 0 Å². The number of fused-ring (bicyclic) bond motifs is 1. The molecule has 0 aliphatic carbocycles. The third-order valence-electron chi connectivity index (χ3n) is 5.38. The van der Waals surface area contributed by atoms with E-state index in [0.717, 1.165) is 31.9 Å². The van der Waals surface area contributed by atoms with E-state index in [-0.39, 0.29) is 11.3 Å². The summed E-state index contributed by atoms with van der Waals surface area (Å²) in [5, 5.41) is 3.55. The van der Waals surface area contributed by atoms with Gasteiger partial charge in [0, 0.05) is 56.2 Å². The number of hydrogen-bond acceptors (Lipinski definition) is 7. The van der Waals surface area contributed by atoms with Gasteiger partial charge in [-0.15, -0.1) is 0 Å². The maximum absolute atomic E-state index is 12.7. The van der Waals surface area contributed by atoms with Crippen LogP contribution in [-0.2, 0) is 6.54 Å². The van der Waals surface area contributed by atoms with Crippen molar-refractivity contribution in [3.8, 4) is 0 Å². The Balaban J connectivity index is 1.54. The van der Waals surface area contributed by atoms with Gasteiger partial charge in [-0.3, -0.25) is 9.59 Å². The first-order valence-corrected chi connectivity index (χ1v) is 9.97. The van der Waals surface area contributed by atoms with Crippen molar-refractivity contribution >= 4 is 34.4 Å². The van der Waals surface area contributed by atoms with Gasteiger partial charge in [0.15, 0.2) is 11.1 Å². The van der Waals surface area contributed by atoms with Gasteiger partial charge in [0.2, 0.25) is 5.95 Å². The van der Waals surface area contributed by atoms with E-state index in [1.807, 2.05) is 24.0 Å². The summed E-state index contributed by atoms with van der Waals surface area (Å²) < 4.78 is 1.77. The molecule has 156 valence electrons. The summed E-state index contributed by atoms with van der Waals surface area (Å²) in [7, 11) is 2.06. The molecule has 1 saturated heterocycles. The van der Waals surface area contributed by atoms with E-state index in [9.17, 15) is 9.59 Å². The molecule has 30 heavy (non-hydrogen) atoms. The summed E-state index contributed by atoms with van der Waals surface area (Å²) in [5.41, 5.74) is 7.64. The van der Waals surface area contributed by atoms with Crippen molar-refractivity contribution in [2.45, 2.75) is 13.5 Å². The van der Waals surface area contributed by atoms with E-state index in [1.165, 1.54) is 12.3 Å². The molecular formula is C21H25N7O2. The first-order chi connectivity index (χ1) is 14.5. The zero-order chi connectivity index (χ0) is 21.3. The quantitative estimate of drug-likeness (QED) is 0.675. The Hall–Kier alpha value is -3.46. The maximum Gasteiger partial charge on any atom is 0.253 e. The number of nitrogen functional groups attached to an aromatic ring is 1. The first kappa shape index (κ1) is 19.8. The zero-order valence-electron chi connectivity index (χ0n) is 17.1. The third kappa shape index (κ3) is 3.84. The lowest BCUT2D eigenvalue weighted by Gasteiger charge is -2.32. The van der Waals surface area contributed by atoms with Gasteiger partial charge in [-0.25, -0.2) is 4.98 Å². The molecule has 0 spiro atoms. The molecule has 1 fully saturated rings. The average molecular weight is 407 g/mol. The SMILES string of the molecule is CCn1c(N)cc(=O)c2cnc(Nc3ccc(C(=O)N4CCN(C)CC4)cc3)nc21. The molecule has 3 aromatic rings. The van der Waals surface area contributed by atoms with Crippen LogP contribution in [0.3, 0.4) is 0 Å². The molecule has 1 aliphatic rings. The summed E-state index contributed by atoms with van der Waals surface area (Å²) >= 11 is 0. The average Bonchev–Trinajstić information content (AvgIpc) is 2.74. The lowest BCUT2D eigenvalue weighted by Crippen LogP contribution is -2.47. The van der Waals surface area contributed by atoms with Gasteiger partial charge in [-0.2, -0.15) is 4.98 Å². The normalized spacial score (nSPS) is 14.8. The molecule has 0 bridgehead atoms. The van der Waals surface area contributed by atoms with Crippen molar-refractivity contribution in [1.82, 2.24) is 24.3 Å². The highest BCUT2D eigenvalue weighted by atomic mass is 16.2. The Bertz CT molecular complexity index is 1130. The highest BCUT2D eigenvalue weighted by molar-refractivity contribution is 5.94. The van der Waals surface area contributed by atoms with Crippen molar-refractivity contribution in [3.63, 3.8) is 0 Å². The van der Waals surface area contributed by atoms with Gasteiger partial charge in [0.1, 0.15) is 5.82 Å². The van der Waals surface area contributed by atoms with Gasteiger partial charge >= 0.3 is 0 Å². The van der Waals surface area contributed by atoms with Crippen molar-refractivity contribution in [3.05, 3.63) is 52.3 Å². The van der Waals surface area contributed by atoms with Gasteiger partial charge < -0.3 is 25.4 Å². The summed E-state index contributed by atoms with van der Waals surface area (Å²) in [6.07, 6.45) is 1.50. The van der Waals surface area contributed by atoms with E-state index in [2.05, 4.69) is 27.2 Å². The predicted octanol–water partition coefficient (Wildman–Crippen LogP) is 1.52. The van der Waals surface area contributed by atoms with Gasteiger partial charge in [0.05, 0.1) is 5.39 Å². The number of anilines is 3. The number of aryl methyl sites for hydroxylation is 1. The lowest BCUT2D eigenvalue weighted by atomic mass is 10.1. The number of nitrogens with zero attached hydrogens (tertiary/aromatic N) is 5. The van der Waals surface area contributed by atoms with E-state index in [1.54, 1.807) is 16.7 Å². The molecule has 9 heteroatoms. The number of pyridine rings is 1. The highest BCUT2D eigenvalue weighted by Crippen LogP contribution is 2.18. The van der Waals surface area contributed by atoms with Crippen LogP contribution in [-0.4, -0.2) is 63.5 Å². The zero-order valence-corrected chi connectivity index (χ0v) is 17.1. The van der Waals surface area contributed by atoms with E-state index < -0.39 is 0 Å². The molecule has 1 aliphatic heterocycles. The number of hydrogen-bond donors (Lipinski definition) is 2. The fourth-order valence-corrected chi connectivity index (χ4v) is 3.57. The number of carbonyl (C=O) groups is 1. The Morgan fingerprint density at radius 3 is 2.53 bits per heavy atom. The number of nitrogens with two attached hydrogens (primary N) is 1. The van der Waals surface area contributed by atoms with Crippen LogP contribution in [0.1, 0.15) is 17.3 Å². The molecule has 0 saturated carbocycles. The van der Waals surface area contributed by atoms with E-state index in [0.29, 0.717) is 34.9 Å². The maximum atomic E-state index is 12.7. The van der Waals surface area contributed by atoms with E-state index in [4.69, 9.17) is 5.73 Å². The molecule has 3 N–H and O–H groups in total. The second-order valence-corrected chi connectivity index (χ2v) is 7.41. The Kier molecular flexibility index (Phi) is 5.37. The Morgan fingerprint density at radius 1 is 1.17 bits per heavy atom. The number of aromatic nitrogens is 3. The summed E-state index contributed by atoms with van der Waals surface area (Å²) in [4.78, 5) is 37.7. The minimum atomic E-state index is -0.203. The molecule has 2 aromatic heterocycles. The fourth-order valence-electron chi connectivity index (χ4n) is 3.57. The van der Waals surface area contributed by atoms with Crippen LogP contribution in [0.25, 0.3) is 11.0 Å². The Morgan fingerprint density at radius 2 is 1.87 bits per heavy atom. The van der Waals surface area contributed by atoms with Crippen LogP contribution in [0.2, 0.25) is 0 Å². The minimum absolute atomic E-state index is 0.0408. The predicted molar refractivity (Wildman–Crippen MR) is 117 cm³/mol. The molecule has 9 nitrogen and oxygen atoms in total. The second-order valence-electron chi connectivity index (χ2n) is 7.41. The lowest BCUT2D eigenvalue weighted by molar-refractivity contribution is 0.0664. The number of likely N-dealkylation sites (N-methyl/N-ethyl adjacent to an activating group) is 1. The standard InChI is InChI=1S/C21H25N7O2/c1-3-28-18(22)12-17(29)16-13-23-21(25-19(16)28)24-15-6-4-14(5-7-15)20(30)27-10-8-26(2)9-11-27/h4-7,12-13H,3,8-11,22H2,1-2H3,(H,23,24,25). The van der Waals surface area contributed by atoms with Crippen molar-refractivity contribution < 1.29 is 4.79 Å². The van der Waals surface area contributed by atoms with E-state index >= 15 is 0 Å². The number of nitrogens with one attached hydrogen (secondary N) is 1.